The Morgan fingerprint density at radius 2 is 1.56 bits per heavy atom. The van der Waals surface area contributed by atoms with Crippen LogP contribution in [0.4, 0.5) is 13.2 Å². The lowest BCUT2D eigenvalue weighted by atomic mass is 10.4. The van der Waals surface area contributed by atoms with Gasteiger partial charge < -0.3 is 4.55 Å². The molecule has 1 aromatic carbocycles. The third kappa shape index (κ3) is 7.85. The Morgan fingerprint density at radius 1 is 1.17 bits per heavy atom. The van der Waals surface area contributed by atoms with Gasteiger partial charge in [-0.2, -0.15) is 13.2 Å². The highest BCUT2D eigenvalue weighted by atomic mass is 33.1. The number of benzene rings is 1. The number of alkyl halides is 3. The quantitative estimate of drug-likeness (QED) is 0.364. The molecule has 0 aliphatic carbocycles. The Bertz CT molecular complexity index is 443. The fourth-order valence-corrected chi connectivity index (χ4v) is 2.81. The molecular formula is C9H11F3O3S3. The van der Waals surface area contributed by atoms with Gasteiger partial charge in [-0.1, -0.05) is 18.2 Å². The van der Waals surface area contributed by atoms with Gasteiger partial charge >= 0.3 is 5.51 Å². The largest absolute Gasteiger partial charge is 0.741 e. The summed E-state index contributed by atoms with van der Waals surface area (Å²) in [5, 5.41) is 0. The lowest BCUT2D eigenvalue weighted by Crippen LogP contribution is -2.21. The molecule has 0 saturated carbocycles. The maximum atomic E-state index is 10.7. The molecule has 0 aliphatic heterocycles. The molecule has 0 N–H and O–H groups in total. The maximum Gasteiger partial charge on any atom is 0.485 e. The second-order valence-electron chi connectivity index (χ2n) is 3.04. The summed E-state index contributed by atoms with van der Waals surface area (Å²) in [6.45, 7) is 0. The summed E-state index contributed by atoms with van der Waals surface area (Å²) >= 11 is 0. The van der Waals surface area contributed by atoms with Crippen molar-refractivity contribution in [1.29, 1.82) is 0 Å². The monoisotopic (exact) mass is 320 g/mol. The molecule has 0 unspecified atom stereocenters. The van der Waals surface area contributed by atoms with Crippen LogP contribution in [-0.4, -0.2) is 31.0 Å². The third-order valence-electron chi connectivity index (χ3n) is 1.29. The van der Waals surface area contributed by atoms with E-state index in [2.05, 4.69) is 36.8 Å². The summed E-state index contributed by atoms with van der Waals surface area (Å²) < 4.78 is 58.9. The molecule has 0 amide bonds. The first-order valence-corrected chi connectivity index (χ1v) is 9.15. The Hall–Kier alpha value is -0.380. The van der Waals surface area contributed by atoms with E-state index in [0.717, 1.165) is 0 Å². The number of halogens is 3. The second kappa shape index (κ2) is 7.27. The smallest absolute Gasteiger partial charge is 0.485 e. The van der Waals surface area contributed by atoms with E-state index in [-0.39, 0.29) is 0 Å². The van der Waals surface area contributed by atoms with Gasteiger partial charge in [-0.25, -0.2) is 8.42 Å². The molecule has 1 aromatic rings. The van der Waals surface area contributed by atoms with E-state index in [0.29, 0.717) is 9.93 Å². The molecule has 0 aliphatic rings. The lowest BCUT2D eigenvalue weighted by Gasteiger charge is -2.08. The van der Waals surface area contributed by atoms with E-state index in [1.165, 1.54) is 4.90 Å². The summed E-state index contributed by atoms with van der Waals surface area (Å²) in [5.41, 5.74) is -5.65. The van der Waals surface area contributed by atoms with Gasteiger partial charge in [0.05, 0.1) is 14.8 Å². The highest BCUT2D eigenvalue weighted by molar-refractivity contribution is 8.73. The van der Waals surface area contributed by atoms with Crippen LogP contribution in [0.15, 0.2) is 35.2 Å². The molecule has 0 bridgehead atoms. The Kier molecular flexibility index (Phi) is 7.11. The zero-order valence-corrected chi connectivity index (χ0v) is 11.9. The van der Waals surface area contributed by atoms with E-state index >= 15 is 0 Å². The predicted octanol–water partition coefficient (Wildman–Crippen LogP) is 2.62. The number of hydrogen-bond acceptors (Lipinski definition) is 4. The summed E-state index contributed by atoms with van der Waals surface area (Å²) in [4.78, 5) is 1.37. The molecule has 1 rings (SSSR count). The zero-order chi connectivity index (χ0) is 14.4. The molecule has 3 nitrogen and oxygen atoms in total. The highest BCUT2D eigenvalue weighted by Crippen LogP contribution is 2.22. The van der Waals surface area contributed by atoms with Crippen LogP contribution in [0.5, 0.6) is 0 Å². The van der Waals surface area contributed by atoms with Crippen LogP contribution in [0.2, 0.25) is 0 Å². The van der Waals surface area contributed by atoms with Crippen LogP contribution in [0.3, 0.4) is 0 Å². The molecule has 0 aromatic heterocycles. The first kappa shape index (κ1) is 17.6. The summed E-state index contributed by atoms with van der Waals surface area (Å²) in [5.74, 6) is 0. The van der Waals surface area contributed by atoms with Crippen molar-refractivity contribution in [3.63, 3.8) is 0 Å². The van der Waals surface area contributed by atoms with Gasteiger partial charge in [0, 0.05) is 0 Å². The Morgan fingerprint density at radius 3 is 1.83 bits per heavy atom. The van der Waals surface area contributed by atoms with Crippen molar-refractivity contribution in [2.75, 3.05) is 12.5 Å². The van der Waals surface area contributed by atoms with Crippen LogP contribution < -0.4 is 0 Å². The van der Waals surface area contributed by atoms with Crippen molar-refractivity contribution in [3.8, 4) is 0 Å². The average molecular weight is 320 g/mol. The number of hydrogen-bond donors (Lipinski definition) is 0. The van der Waals surface area contributed by atoms with Crippen LogP contribution in [-0.2, 0) is 20.0 Å². The fourth-order valence-electron chi connectivity index (χ4n) is 0.669. The molecular weight excluding hydrogens is 309 g/mol. The van der Waals surface area contributed by atoms with Gasteiger partial charge in [0.1, 0.15) is 23.3 Å². The molecule has 104 valence electrons. The Balaban J connectivity index is 0.000000331. The minimum absolute atomic E-state index is 0.450. The highest BCUT2D eigenvalue weighted by Gasteiger charge is 2.36. The first-order valence-electron chi connectivity index (χ1n) is 4.37. The normalized spacial score (nSPS) is 11.9. The lowest BCUT2D eigenvalue weighted by molar-refractivity contribution is -0.0517. The van der Waals surface area contributed by atoms with Gasteiger partial charge in [0.2, 0.25) is 0 Å². The van der Waals surface area contributed by atoms with Crippen LogP contribution in [0, 0.1) is 0 Å². The minimum Gasteiger partial charge on any atom is -0.741 e. The van der Waals surface area contributed by atoms with E-state index in [4.69, 9.17) is 13.0 Å². The standard InChI is InChI=1S/C8H11S2.CHF3O3S/c1-10(2)9-8-6-4-3-5-7-8;2-1(3,4)8(5,6)7/h3-7H,1-2H3;(H,5,6,7)/q+1;/p-1. The van der Waals surface area contributed by atoms with Crippen molar-refractivity contribution in [1.82, 2.24) is 0 Å². The van der Waals surface area contributed by atoms with Crippen molar-refractivity contribution >= 4 is 30.8 Å². The van der Waals surface area contributed by atoms with Crippen LogP contribution in [0.1, 0.15) is 0 Å². The molecule has 18 heavy (non-hydrogen) atoms. The van der Waals surface area contributed by atoms with Crippen molar-refractivity contribution in [3.05, 3.63) is 30.3 Å². The predicted molar refractivity (Wildman–Crippen MR) is 67.3 cm³/mol. The average Bonchev–Trinajstić information content (AvgIpc) is 2.15. The van der Waals surface area contributed by atoms with Gasteiger partial charge in [-0.05, 0) is 12.1 Å². The molecule has 0 heterocycles. The maximum absolute atomic E-state index is 10.7. The van der Waals surface area contributed by atoms with E-state index in [9.17, 15) is 13.2 Å². The topological polar surface area (TPSA) is 57.2 Å². The third-order valence-corrected chi connectivity index (χ3v) is 4.23. The zero-order valence-electron chi connectivity index (χ0n) is 9.47. The van der Waals surface area contributed by atoms with Crippen molar-refractivity contribution < 1.29 is 26.1 Å². The van der Waals surface area contributed by atoms with E-state index in [1.807, 2.05) is 16.9 Å². The minimum atomic E-state index is -6.09. The van der Waals surface area contributed by atoms with Gasteiger partial charge in [-0.3, -0.25) is 0 Å². The van der Waals surface area contributed by atoms with Crippen LogP contribution >= 0.6 is 10.8 Å². The summed E-state index contributed by atoms with van der Waals surface area (Å²) in [6, 6.07) is 10.5. The van der Waals surface area contributed by atoms with Gasteiger partial charge in [0.15, 0.2) is 10.1 Å². The molecule has 0 atom stereocenters. The number of rotatable bonds is 2. The van der Waals surface area contributed by atoms with E-state index in [1.54, 1.807) is 0 Å². The first-order chi connectivity index (χ1) is 8.04. The Labute approximate surface area is 110 Å². The summed E-state index contributed by atoms with van der Waals surface area (Å²) in [6.07, 6.45) is 4.47. The van der Waals surface area contributed by atoms with Crippen molar-refractivity contribution in [2.45, 2.75) is 10.4 Å². The molecule has 0 spiro atoms. The molecule has 9 heteroatoms. The second-order valence-corrected chi connectivity index (χ2v) is 9.03. The molecule has 0 fully saturated rings. The van der Waals surface area contributed by atoms with E-state index < -0.39 is 15.6 Å². The van der Waals surface area contributed by atoms with Crippen LogP contribution in [0.25, 0.3) is 0 Å². The summed E-state index contributed by atoms with van der Waals surface area (Å²) in [7, 11) is -3.71. The SMILES string of the molecule is C[S+](C)Sc1ccccc1.O=S(=O)([O-])C(F)(F)F. The molecule has 0 radical (unpaired) electrons. The molecule has 0 saturated heterocycles. The van der Waals surface area contributed by atoms with Crippen molar-refractivity contribution in [2.24, 2.45) is 0 Å². The van der Waals surface area contributed by atoms with Gasteiger partial charge in [-0.15, -0.1) is 0 Å². The fraction of sp³-hybridized carbons (Fsp3) is 0.333. The van der Waals surface area contributed by atoms with Gasteiger partial charge in [0.25, 0.3) is 0 Å².